The van der Waals surface area contributed by atoms with Gasteiger partial charge in [0.1, 0.15) is 18.5 Å². The highest BCUT2D eigenvalue weighted by molar-refractivity contribution is 5.69. The molecule has 0 radical (unpaired) electrons. The summed E-state index contributed by atoms with van der Waals surface area (Å²) in [5.74, 6) is -3.03. The Hall–Kier alpha value is -4.26. The molecular weight excluding hydrogens is 540 g/mol. The molecule has 0 bridgehead atoms. The number of aromatic nitrogens is 2. The van der Waals surface area contributed by atoms with Crippen LogP contribution in [0, 0.1) is 20.8 Å². The standard InChI is InChI=1S/C28H34N2O11/c1-13-9-14(2)22(15(3)10-13)26-29-11-20(36-8)27(35)30(26)28-25(40-19(7)34)24(39-18(6)33)23(38-17(5)32)21(41-28)12-37-16(4)31/h9-11,21,23-25,28H,12H2,1-8H3/t21-,23-,24+,25-,28+/m1/s1. The zero-order chi connectivity index (χ0) is 30.6. The predicted octanol–water partition coefficient (Wildman–Crippen LogP) is 2.10. The van der Waals surface area contributed by atoms with Crippen LogP contribution in [0.5, 0.6) is 5.75 Å². The first-order chi connectivity index (χ1) is 19.2. The molecule has 1 aromatic heterocycles. The van der Waals surface area contributed by atoms with Gasteiger partial charge < -0.3 is 28.4 Å². The van der Waals surface area contributed by atoms with Crippen LogP contribution >= 0.6 is 0 Å². The van der Waals surface area contributed by atoms with Crippen molar-refractivity contribution in [3.8, 4) is 17.1 Å². The van der Waals surface area contributed by atoms with Gasteiger partial charge in [0.15, 0.2) is 24.5 Å². The Bertz CT molecular complexity index is 1380. The summed E-state index contributed by atoms with van der Waals surface area (Å²) in [5.41, 5.74) is 2.47. The van der Waals surface area contributed by atoms with Crippen molar-refractivity contribution < 1.29 is 47.6 Å². The number of methoxy groups -OCH3 is 1. The van der Waals surface area contributed by atoms with Gasteiger partial charge in [0.05, 0.1) is 13.3 Å². The molecule has 0 amide bonds. The smallest absolute Gasteiger partial charge is 0.303 e. The summed E-state index contributed by atoms with van der Waals surface area (Å²) in [6.45, 7) is 9.71. The van der Waals surface area contributed by atoms with E-state index in [0.29, 0.717) is 5.56 Å². The van der Waals surface area contributed by atoms with E-state index >= 15 is 0 Å². The van der Waals surface area contributed by atoms with E-state index in [9.17, 15) is 24.0 Å². The minimum Gasteiger partial charge on any atom is -0.490 e. The van der Waals surface area contributed by atoms with Crippen molar-refractivity contribution in [1.29, 1.82) is 0 Å². The fraction of sp³-hybridized carbons (Fsp3) is 0.500. The molecule has 5 atom stereocenters. The molecule has 2 heterocycles. The molecule has 0 N–H and O–H groups in total. The molecule has 0 aliphatic carbocycles. The summed E-state index contributed by atoms with van der Waals surface area (Å²) in [4.78, 5) is 66.7. The Morgan fingerprint density at radius 2 is 1.39 bits per heavy atom. The van der Waals surface area contributed by atoms with Crippen molar-refractivity contribution in [2.45, 2.75) is 79.1 Å². The van der Waals surface area contributed by atoms with Crippen molar-refractivity contribution >= 4 is 23.9 Å². The fourth-order valence-electron chi connectivity index (χ4n) is 4.96. The number of rotatable bonds is 8. The molecule has 41 heavy (non-hydrogen) atoms. The third kappa shape index (κ3) is 7.09. The van der Waals surface area contributed by atoms with Crippen molar-refractivity contribution in [2.75, 3.05) is 13.7 Å². The number of ether oxygens (including phenoxy) is 6. The molecule has 13 heteroatoms. The summed E-state index contributed by atoms with van der Waals surface area (Å²) in [6.07, 6.45) is -5.85. The third-order valence-electron chi connectivity index (χ3n) is 6.30. The van der Waals surface area contributed by atoms with Crippen molar-refractivity contribution in [2.24, 2.45) is 0 Å². The lowest BCUT2D eigenvalue weighted by Crippen LogP contribution is -2.61. The second-order valence-corrected chi connectivity index (χ2v) is 9.69. The number of benzene rings is 1. The number of nitrogens with zero attached hydrogens (tertiary/aromatic N) is 2. The first-order valence-electron chi connectivity index (χ1n) is 12.8. The van der Waals surface area contributed by atoms with Crippen LogP contribution in [0.15, 0.2) is 23.1 Å². The number of carbonyl (C=O) groups is 4. The monoisotopic (exact) mass is 574 g/mol. The number of aryl methyl sites for hydroxylation is 3. The Kier molecular flexibility index (Phi) is 9.87. The maximum Gasteiger partial charge on any atom is 0.303 e. The number of hydrogen-bond acceptors (Lipinski definition) is 12. The highest BCUT2D eigenvalue weighted by atomic mass is 16.7. The van der Waals surface area contributed by atoms with Gasteiger partial charge >= 0.3 is 23.9 Å². The van der Waals surface area contributed by atoms with Gasteiger partial charge in [-0.3, -0.25) is 28.5 Å². The summed E-state index contributed by atoms with van der Waals surface area (Å²) >= 11 is 0. The molecule has 1 saturated heterocycles. The van der Waals surface area contributed by atoms with Crippen LogP contribution in [-0.2, 0) is 42.9 Å². The normalized spacial score (nSPS) is 21.9. The lowest BCUT2D eigenvalue weighted by molar-refractivity contribution is -0.268. The Balaban J connectivity index is 2.36. The molecule has 0 spiro atoms. The minimum atomic E-state index is -1.51. The molecule has 3 rings (SSSR count). The summed E-state index contributed by atoms with van der Waals surface area (Å²) in [7, 11) is 1.29. The molecule has 0 saturated carbocycles. The zero-order valence-electron chi connectivity index (χ0n) is 24.2. The van der Waals surface area contributed by atoms with Crippen molar-refractivity contribution in [3.05, 3.63) is 45.4 Å². The lowest BCUT2D eigenvalue weighted by Gasteiger charge is -2.45. The highest BCUT2D eigenvalue weighted by Gasteiger charge is 2.53. The largest absolute Gasteiger partial charge is 0.490 e. The molecule has 0 unspecified atom stereocenters. The molecule has 222 valence electrons. The van der Waals surface area contributed by atoms with Crippen LogP contribution in [0.3, 0.4) is 0 Å². The van der Waals surface area contributed by atoms with E-state index in [0.717, 1.165) is 42.0 Å². The van der Waals surface area contributed by atoms with E-state index in [4.69, 9.17) is 28.4 Å². The van der Waals surface area contributed by atoms with E-state index in [1.807, 2.05) is 32.9 Å². The topological polar surface area (TPSA) is 159 Å². The Morgan fingerprint density at radius 1 is 0.854 bits per heavy atom. The zero-order valence-corrected chi connectivity index (χ0v) is 24.2. The molecule has 1 aliphatic heterocycles. The van der Waals surface area contributed by atoms with Gasteiger partial charge in [-0.15, -0.1) is 0 Å². The number of esters is 4. The first kappa shape index (κ1) is 31.3. The van der Waals surface area contributed by atoms with Gasteiger partial charge in [-0.05, 0) is 31.9 Å². The average molecular weight is 575 g/mol. The van der Waals surface area contributed by atoms with Gasteiger partial charge in [-0.25, -0.2) is 4.98 Å². The summed E-state index contributed by atoms with van der Waals surface area (Å²) in [6, 6.07) is 3.83. The quantitative estimate of drug-likeness (QED) is 0.334. The van der Waals surface area contributed by atoms with E-state index in [1.165, 1.54) is 20.2 Å². The SMILES string of the molecule is COc1cnc(-c2c(C)cc(C)cc2C)n([C@H]2O[C@H](COC(C)=O)[C@@H](OC(C)=O)[C@H](OC(C)=O)[C@H]2OC(C)=O)c1=O. The number of hydrogen-bond donors (Lipinski definition) is 0. The molecule has 13 nitrogen and oxygen atoms in total. The minimum absolute atomic E-state index is 0.145. The second-order valence-electron chi connectivity index (χ2n) is 9.69. The van der Waals surface area contributed by atoms with Gasteiger partial charge in [0.25, 0.3) is 5.56 Å². The maximum atomic E-state index is 13.9. The van der Waals surface area contributed by atoms with Crippen LogP contribution < -0.4 is 10.3 Å². The second kappa shape index (κ2) is 12.9. The fourth-order valence-corrected chi connectivity index (χ4v) is 4.96. The van der Waals surface area contributed by atoms with Crippen molar-refractivity contribution in [1.82, 2.24) is 9.55 Å². The molecule has 1 fully saturated rings. The highest BCUT2D eigenvalue weighted by Crippen LogP contribution is 2.37. The van der Waals surface area contributed by atoms with E-state index in [-0.39, 0.29) is 11.6 Å². The summed E-state index contributed by atoms with van der Waals surface area (Å²) < 4.78 is 34.4. The summed E-state index contributed by atoms with van der Waals surface area (Å²) in [5, 5.41) is 0. The predicted molar refractivity (Wildman–Crippen MR) is 142 cm³/mol. The first-order valence-corrected chi connectivity index (χ1v) is 12.8. The Labute approximate surface area is 236 Å². The van der Waals surface area contributed by atoms with E-state index < -0.39 is 66.7 Å². The van der Waals surface area contributed by atoms with Gasteiger partial charge in [0, 0.05) is 33.3 Å². The van der Waals surface area contributed by atoms with Gasteiger partial charge in [-0.1, -0.05) is 17.7 Å². The van der Waals surface area contributed by atoms with Crippen LogP contribution in [-0.4, -0.2) is 71.6 Å². The van der Waals surface area contributed by atoms with Gasteiger partial charge in [0.2, 0.25) is 5.75 Å². The molecule has 1 aliphatic rings. The van der Waals surface area contributed by atoms with E-state index in [1.54, 1.807) is 0 Å². The average Bonchev–Trinajstić information content (AvgIpc) is 2.84. The molecular formula is C28H34N2O11. The number of carbonyl (C=O) groups excluding carboxylic acids is 4. The van der Waals surface area contributed by atoms with Crippen molar-refractivity contribution in [3.63, 3.8) is 0 Å². The van der Waals surface area contributed by atoms with Crippen LogP contribution in [0.4, 0.5) is 0 Å². The molecule has 1 aromatic carbocycles. The van der Waals surface area contributed by atoms with Gasteiger partial charge in [-0.2, -0.15) is 0 Å². The van der Waals surface area contributed by atoms with Crippen LogP contribution in [0.2, 0.25) is 0 Å². The van der Waals surface area contributed by atoms with E-state index in [2.05, 4.69) is 4.98 Å². The lowest BCUT2D eigenvalue weighted by atomic mass is 9.95. The molecule has 2 aromatic rings. The van der Waals surface area contributed by atoms with Crippen LogP contribution in [0.25, 0.3) is 11.4 Å². The Morgan fingerprint density at radius 3 is 1.90 bits per heavy atom. The maximum absolute atomic E-state index is 13.9. The third-order valence-corrected chi connectivity index (χ3v) is 6.30. The van der Waals surface area contributed by atoms with Crippen LogP contribution in [0.1, 0.15) is 50.6 Å².